The number of amides is 1. The summed E-state index contributed by atoms with van der Waals surface area (Å²) >= 11 is 2.17. The van der Waals surface area contributed by atoms with Crippen LogP contribution in [-0.2, 0) is 9.53 Å². The van der Waals surface area contributed by atoms with Crippen LogP contribution >= 0.6 is 22.6 Å². The monoisotopic (exact) mass is 389 g/mol. The van der Waals surface area contributed by atoms with Gasteiger partial charge in [-0.3, -0.25) is 9.59 Å². The summed E-state index contributed by atoms with van der Waals surface area (Å²) in [4.78, 5) is 25.4. The first kappa shape index (κ1) is 15.2. The van der Waals surface area contributed by atoms with E-state index in [0.29, 0.717) is 18.5 Å². The number of halogens is 1. The van der Waals surface area contributed by atoms with Gasteiger partial charge in [-0.25, -0.2) is 0 Å². The minimum atomic E-state index is -0.979. The van der Waals surface area contributed by atoms with Gasteiger partial charge in [-0.1, -0.05) is 0 Å². The van der Waals surface area contributed by atoms with E-state index < -0.39 is 11.4 Å². The summed E-state index contributed by atoms with van der Waals surface area (Å²) in [6.45, 7) is 0.764. The maximum absolute atomic E-state index is 12.4. The zero-order valence-electron chi connectivity index (χ0n) is 11.1. The van der Waals surface area contributed by atoms with Gasteiger partial charge < -0.3 is 14.7 Å². The van der Waals surface area contributed by atoms with Crippen molar-refractivity contribution < 1.29 is 19.4 Å². The highest BCUT2D eigenvalue weighted by molar-refractivity contribution is 14.1. The number of carbonyl (C=O) groups is 2. The third-order valence-corrected chi connectivity index (χ3v) is 4.33. The standard InChI is InChI=1S/C14H16INO4/c1-20-9-14(13(18)19)6-7-16(8-14)12(17)10-2-4-11(15)5-3-10/h2-5H,6-9H2,1H3,(H,18,19). The lowest BCUT2D eigenvalue weighted by Gasteiger charge is -2.23. The number of rotatable bonds is 4. The minimum Gasteiger partial charge on any atom is -0.481 e. The Labute approximate surface area is 131 Å². The molecule has 1 unspecified atom stereocenters. The van der Waals surface area contributed by atoms with Crippen molar-refractivity contribution in [2.45, 2.75) is 6.42 Å². The first-order valence-electron chi connectivity index (χ1n) is 6.26. The molecule has 0 radical (unpaired) electrons. The zero-order valence-corrected chi connectivity index (χ0v) is 13.3. The quantitative estimate of drug-likeness (QED) is 0.799. The maximum atomic E-state index is 12.4. The number of nitrogens with zero attached hydrogens (tertiary/aromatic N) is 1. The average molecular weight is 389 g/mol. The van der Waals surface area contributed by atoms with Crippen LogP contribution in [0.3, 0.4) is 0 Å². The van der Waals surface area contributed by atoms with Crippen LogP contribution in [0.5, 0.6) is 0 Å². The lowest BCUT2D eigenvalue weighted by Crippen LogP contribution is -2.40. The van der Waals surface area contributed by atoms with E-state index in [0.717, 1.165) is 3.57 Å². The minimum absolute atomic E-state index is 0.124. The van der Waals surface area contributed by atoms with Gasteiger partial charge in [-0.2, -0.15) is 0 Å². The number of carboxylic acid groups (broad SMARTS) is 1. The van der Waals surface area contributed by atoms with Gasteiger partial charge in [0, 0.05) is 29.3 Å². The highest BCUT2D eigenvalue weighted by Gasteiger charge is 2.46. The molecule has 0 saturated carbocycles. The number of carbonyl (C=O) groups excluding carboxylic acids is 1. The molecule has 1 saturated heterocycles. The number of hydrogen-bond donors (Lipinski definition) is 1. The van der Waals surface area contributed by atoms with E-state index in [1.54, 1.807) is 17.0 Å². The molecule has 5 nitrogen and oxygen atoms in total. The predicted molar refractivity (Wildman–Crippen MR) is 81.6 cm³/mol. The maximum Gasteiger partial charge on any atom is 0.313 e. The van der Waals surface area contributed by atoms with Crippen molar-refractivity contribution in [2.24, 2.45) is 5.41 Å². The van der Waals surface area contributed by atoms with Crippen molar-refractivity contribution in [2.75, 3.05) is 26.8 Å². The number of benzene rings is 1. The van der Waals surface area contributed by atoms with Gasteiger partial charge in [-0.05, 0) is 53.3 Å². The normalized spacial score (nSPS) is 22.0. The van der Waals surface area contributed by atoms with Crippen LogP contribution in [0.15, 0.2) is 24.3 Å². The smallest absolute Gasteiger partial charge is 0.313 e. The first-order chi connectivity index (χ1) is 9.48. The summed E-state index contributed by atoms with van der Waals surface area (Å²) in [7, 11) is 1.48. The van der Waals surface area contributed by atoms with E-state index in [2.05, 4.69) is 22.6 Å². The predicted octanol–water partition coefficient (Wildman–Crippen LogP) is 1.85. The van der Waals surface area contributed by atoms with Crippen molar-refractivity contribution in [3.05, 3.63) is 33.4 Å². The third-order valence-electron chi connectivity index (χ3n) is 3.61. The summed E-state index contributed by atoms with van der Waals surface area (Å²) in [5, 5.41) is 9.38. The fourth-order valence-corrected chi connectivity index (χ4v) is 2.81. The van der Waals surface area contributed by atoms with Gasteiger partial charge in [0.2, 0.25) is 0 Å². The molecule has 1 aromatic rings. The Morgan fingerprint density at radius 2 is 2.05 bits per heavy atom. The molecule has 1 amide bonds. The van der Waals surface area contributed by atoms with E-state index >= 15 is 0 Å². The van der Waals surface area contributed by atoms with Crippen molar-refractivity contribution in [1.29, 1.82) is 0 Å². The van der Waals surface area contributed by atoms with Crippen molar-refractivity contribution in [3.8, 4) is 0 Å². The van der Waals surface area contributed by atoms with E-state index in [1.165, 1.54) is 7.11 Å². The Morgan fingerprint density at radius 1 is 1.40 bits per heavy atom. The molecule has 1 atom stereocenters. The summed E-state index contributed by atoms with van der Waals surface area (Å²) in [5.74, 6) is -1.03. The third kappa shape index (κ3) is 2.95. The summed E-state index contributed by atoms with van der Waals surface area (Å²) < 4.78 is 6.08. The van der Waals surface area contributed by atoms with E-state index in [9.17, 15) is 14.7 Å². The van der Waals surface area contributed by atoms with Crippen LogP contribution in [0.2, 0.25) is 0 Å². The van der Waals surface area contributed by atoms with Crippen LogP contribution in [0.1, 0.15) is 16.8 Å². The average Bonchev–Trinajstić information content (AvgIpc) is 2.85. The topological polar surface area (TPSA) is 66.8 Å². The Bertz CT molecular complexity index is 516. The Balaban J connectivity index is 2.14. The Hall–Kier alpha value is -1.15. The number of ether oxygens (including phenoxy) is 1. The highest BCUT2D eigenvalue weighted by Crippen LogP contribution is 2.32. The fraction of sp³-hybridized carbons (Fsp3) is 0.429. The molecule has 1 aliphatic heterocycles. The van der Waals surface area contributed by atoms with Crippen LogP contribution in [0, 0.1) is 8.99 Å². The van der Waals surface area contributed by atoms with Gasteiger partial charge in [-0.15, -0.1) is 0 Å². The van der Waals surface area contributed by atoms with Crippen LogP contribution < -0.4 is 0 Å². The van der Waals surface area contributed by atoms with Gasteiger partial charge in [0.1, 0.15) is 5.41 Å². The van der Waals surface area contributed by atoms with E-state index in [1.807, 2.05) is 12.1 Å². The highest BCUT2D eigenvalue weighted by atomic mass is 127. The molecule has 0 bridgehead atoms. The summed E-state index contributed by atoms with van der Waals surface area (Å²) in [6, 6.07) is 7.26. The SMILES string of the molecule is COCC1(C(=O)O)CCN(C(=O)c2ccc(I)cc2)C1. The molecular formula is C14H16INO4. The molecule has 1 N–H and O–H groups in total. The molecule has 108 valence electrons. The molecule has 6 heteroatoms. The van der Waals surface area contributed by atoms with Crippen LogP contribution in [0.4, 0.5) is 0 Å². The van der Waals surface area contributed by atoms with E-state index in [4.69, 9.17) is 4.74 Å². The van der Waals surface area contributed by atoms with Gasteiger partial charge in [0.05, 0.1) is 6.61 Å². The molecule has 1 aliphatic rings. The lowest BCUT2D eigenvalue weighted by atomic mass is 9.88. The fourth-order valence-electron chi connectivity index (χ4n) is 2.45. The molecule has 0 aromatic heterocycles. The van der Waals surface area contributed by atoms with Crippen LogP contribution in [-0.4, -0.2) is 48.7 Å². The Kier molecular flexibility index (Phi) is 4.64. The summed E-state index contributed by atoms with van der Waals surface area (Å²) in [5.41, 5.74) is -0.392. The molecule has 0 aliphatic carbocycles. The molecule has 2 rings (SSSR count). The second-order valence-electron chi connectivity index (χ2n) is 5.00. The van der Waals surface area contributed by atoms with Crippen LogP contribution in [0.25, 0.3) is 0 Å². The van der Waals surface area contributed by atoms with Crippen molar-refractivity contribution in [3.63, 3.8) is 0 Å². The Morgan fingerprint density at radius 3 is 2.60 bits per heavy atom. The molecule has 0 spiro atoms. The number of methoxy groups -OCH3 is 1. The number of carboxylic acids is 1. The first-order valence-corrected chi connectivity index (χ1v) is 7.33. The lowest BCUT2D eigenvalue weighted by molar-refractivity contribution is -0.151. The molecule has 1 aromatic carbocycles. The van der Waals surface area contributed by atoms with Gasteiger partial charge >= 0.3 is 5.97 Å². The molecular weight excluding hydrogens is 373 g/mol. The van der Waals surface area contributed by atoms with Crippen molar-refractivity contribution in [1.82, 2.24) is 4.90 Å². The van der Waals surface area contributed by atoms with Crippen molar-refractivity contribution >= 4 is 34.5 Å². The van der Waals surface area contributed by atoms with Gasteiger partial charge in [0.25, 0.3) is 5.91 Å². The number of aliphatic carboxylic acids is 1. The number of hydrogen-bond acceptors (Lipinski definition) is 3. The zero-order chi connectivity index (χ0) is 14.8. The molecule has 1 heterocycles. The second kappa shape index (κ2) is 6.09. The number of likely N-dealkylation sites (tertiary alicyclic amines) is 1. The second-order valence-corrected chi connectivity index (χ2v) is 6.25. The van der Waals surface area contributed by atoms with Gasteiger partial charge in [0.15, 0.2) is 0 Å². The van der Waals surface area contributed by atoms with E-state index in [-0.39, 0.29) is 19.1 Å². The summed E-state index contributed by atoms with van der Waals surface area (Å²) in [6.07, 6.45) is 0.423. The molecule has 20 heavy (non-hydrogen) atoms. The largest absolute Gasteiger partial charge is 0.481 e. The molecule has 1 fully saturated rings.